The van der Waals surface area contributed by atoms with E-state index in [4.69, 9.17) is 11.6 Å². The lowest BCUT2D eigenvalue weighted by Crippen LogP contribution is -2.33. The van der Waals surface area contributed by atoms with Gasteiger partial charge in [0, 0.05) is 5.69 Å². The smallest absolute Gasteiger partial charge is 0.307 e. The molecule has 0 radical (unpaired) electrons. The molecule has 4 nitrogen and oxygen atoms in total. The summed E-state index contributed by atoms with van der Waals surface area (Å²) in [7, 11) is 0. The quantitative estimate of drug-likeness (QED) is 0.465. The van der Waals surface area contributed by atoms with E-state index in [2.05, 4.69) is 23.1 Å². The number of anilines is 2. The third-order valence-corrected chi connectivity index (χ3v) is 3.81. The summed E-state index contributed by atoms with van der Waals surface area (Å²) in [4.78, 5) is 11.8. The number of hydrogen-bond acceptors (Lipinski definition) is 2. The predicted molar refractivity (Wildman–Crippen MR) is 96.9 cm³/mol. The van der Waals surface area contributed by atoms with Crippen LogP contribution in [-0.4, -0.2) is 6.03 Å². The first-order valence-electron chi connectivity index (χ1n) is 7.95. The van der Waals surface area contributed by atoms with E-state index in [-0.39, 0.29) is 5.02 Å². The molecule has 0 aliphatic heterocycles. The van der Waals surface area contributed by atoms with Crippen LogP contribution in [0.3, 0.4) is 0 Å². The van der Waals surface area contributed by atoms with Gasteiger partial charge < -0.3 is 5.32 Å². The second kappa shape index (κ2) is 9.13. The Morgan fingerprint density at radius 2 is 1.79 bits per heavy atom. The zero-order chi connectivity index (χ0) is 17.4. The van der Waals surface area contributed by atoms with Gasteiger partial charge in [-0.1, -0.05) is 43.5 Å². The van der Waals surface area contributed by atoms with Gasteiger partial charge in [0.05, 0.1) is 10.7 Å². The highest BCUT2D eigenvalue weighted by atomic mass is 35.5. The number of hydrogen-bond donors (Lipinski definition) is 3. The Bertz CT molecular complexity index is 676. The van der Waals surface area contributed by atoms with Crippen LogP contribution in [-0.2, 0) is 6.42 Å². The van der Waals surface area contributed by atoms with Gasteiger partial charge in [0.2, 0.25) is 0 Å². The van der Waals surface area contributed by atoms with Gasteiger partial charge in [-0.05, 0) is 48.7 Å². The van der Waals surface area contributed by atoms with Crippen LogP contribution in [0.25, 0.3) is 0 Å². The highest BCUT2D eigenvalue weighted by Crippen LogP contribution is 2.18. The van der Waals surface area contributed by atoms with Gasteiger partial charge in [-0.25, -0.2) is 9.18 Å². The number of hydrazine groups is 1. The van der Waals surface area contributed by atoms with Gasteiger partial charge in [-0.15, -0.1) is 0 Å². The molecule has 24 heavy (non-hydrogen) atoms. The average Bonchev–Trinajstić information content (AvgIpc) is 2.58. The second-order valence-electron chi connectivity index (χ2n) is 5.49. The van der Waals surface area contributed by atoms with Crippen molar-refractivity contribution in [3.8, 4) is 0 Å². The van der Waals surface area contributed by atoms with Crippen LogP contribution in [0.5, 0.6) is 0 Å². The lowest BCUT2D eigenvalue weighted by Gasteiger charge is -2.11. The Morgan fingerprint density at radius 3 is 2.46 bits per heavy atom. The number of amides is 2. The van der Waals surface area contributed by atoms with Crippen molar-refractivity contribution < 1.29 is 9.18 Å². The van der Waals surface area contributed by atoms with Crippen molar-refractivity contribution in [2.24, 2.45) is 0 Å². The van der Waals surface area contributed by atoms with Crippen molar-refractivity contribution in [1.82, 2.24) is 5.43 Å². The Hall–Kier alpha value is -2.27. The van der Waals surface area contributed by atoms with Gasteiger partial charge in [0.25, 0.3) is 0 Å². The molecule has 0 aromatic heterocycles. The lowest BCUT2D eigenvalue weighted by atomic mass is 10.1. The van der Waals surface area contributed by atoms with E-state index in [0.29, 0.717) is 11.4 Å². The molecule has 0 heterocycles. The van der Waals surface area contributed by atoms with Gasteiger partial charge in [-0.2, -0.15) is 0 Å². The van der Waals surface area contributed by atoms with Crippen LogP contribution >= 0.6 is 11.6 Å². The van der Waals surface area contributed by atoms with Crippen LogP contribution in [0.1, 0.15) is 31.7 Å². The number of halogens is 2. The van der Waals surface area contributed by atoms with E-state index in [0.717, 1.165) is 6.42 Å². The fourth-order valence-electron chi connectivity index (χ4n) is 2.20. The molecule has 128 valence electrons. The number of aryl methyl sites for hydroxylation is 1. The molecule has 0 unspecified atom stereocenters. The molecule has 6 heteroatoms. The normalized spacial score (nSPS) is 10.3. The average molecular weight is 350 g/mol. The highest BCUT2D eigenvalue weighted by Gasteiger charge is 2.04. The van der Waals surface area contributed by atoms with Crippen molar-refractivity contribution in [3.05, 3.63) is 58.9 Å². The lowest BCUT2D eigenvalue weighted by molar-refractivity contribution is 0.254. The summed E-state index contributed by atoms with van der Waals surface area (Å²) in [6, 6.07) is 11.4. The minimum absolute atomic E-state index is 0.0131. The highest BCUT2D eigenvalue weighted by molar-refractivity contribution is 6.31. The zero-order valence-electron chi connectivity index (χ0n) is 13.5. The van der Waals surface area contributed by atoms with Crippen LogP contribution in [0.2, 0.25) is 5.02 Å². The standard InChI is InChI=1S/C18H21ClFN3O/c1-2-3-4-5-13-6-8-14(9-7-13)21-18(24)23-22-15-10-11-17(20)16(19)12-15/h6-12,22H,2-5H2,1H3,(H2,21,23,24). The number of nitrogens with one attached hydrogen (secondary N) is 3. The molecule has 0 aliphatic rings. The molecular weight excluding hydrogens is 329 g/mol. The first kappa shape index (κ1) is 18.1. The van der Waals surface area contributed by atoms with Crippen LogP contribution in [0.4, 0.5) is 20.6 Å². The monoisotopic (exact) mass is 349 g/mol. The van der Waals surface area contributed by atoms with E-state index in [1.165, 1.54) is 43.0 Å². The molecule has 0 saturated heterocycles. The van der Waals surface area contributed by atoms with Gasteiger partial charge in [-0.3, -0.25) is 10.9 Å². The molecule has 2 rings (SSSR count). The molecule has 0 bridgehead atoms. The number of benzene rings is 2. The Balaban J connectivity index is 1.80. The van der Waals surface area contributed by atoms with Crippen molar-refractivity contribution in [2.75, 3.05) is 10.7 Å². The topological polar surface area (TPSA) is 53.2 Å². The summed E-state index contributed by atoms with van der Waals surface area (Å²) in [6.07, 6.45) is 4.65. The Labute approximate surface area is 146 Å². The molecule has 2 aromatic rings. The molecule has 2 aromatic carbocycles. The number of carbonyl (C=O) groups excluding carboxylic acids is 1. The molecule has 0 spiro atoms. The molecule has 0 atom stereocenters. The molecule has 0 saturated carbocycles. The van der Waals surface area contributed by atoms with Crippen LogP contribution in [0.15, 0.2) is 42.5 Å². The van der Waals surface area contributed by atoms with E-state index in [1.807, 2.05) is 24.3 Å². The Kier molecular flexibility index (Phi) is 6.88. The maximum absolute atomic E-state index is 13.1. The third kappa shape index (κ3) is 5.74. The Morgan fingerprint density at radius 1 is 1.08 bits per heavy atom. The van der Waals surface area contributed by atoms with E-state index < -0.39 is 11.8 Å². The fraction of sp³-hybridized carbons (Fsp3) is 0.278. The summed E-state index contributed by atoms with van der Waals surface area (Å²) >= 11 is 5.68. The SMILES string of the molecule is CCCCCc1ccc(NC(=O)NNc2ccc(F)c(Cl)c2)cc1. The fourth-order valence-corrected chi connectivity index (χ4v) is 2.38. The summed E-state index contributed by atoms with van der Waals surface area (Å²) < 4.78 is 13.1. The number of rotatable bonds is 7. The van der Waals surface area contributed by atoms with Crippen LogP contribution in [0, 0.1) is 5.82 Å². The van der Waals surface area contributed by atoms with Crippen LogP contribution < -0.4 is 16.2 Å². The predicted octanol–water partition coefficient (Wildman–Crippen LogP) is 5.36. The minimum Gasteiger partial charge on any atom is -0.307 e. The van der Waals surface area contributed by atoms with Gasteiger partial charge >= 0.3 is 6.03 Å². The van der Waals surface area contributed by atoms with Gasteiger partial charge in [0.1, 0.15) is 5.82 Å². The van der Waals surface area contributed by atoms with E-state index in [9.17, 15) is 9.18 Å². The van der Waals surface area contributed by atoms with E-state index >= 15 is 0 Å². The number of urea groups is 1. The summed E-state index contributed by atoms with van der Waals surface area (Å²) in [6.45, 7) is 2.18. The van der Waals surface area contributed by atoms with Crippen molar-refractivity contribution in [1.29, 1.82) is 0 Å². The van der Waals surface area contributed by atoms with Crippen molar-refractivity contribution in [2.45, 2.75) is 32.6 Å². The van der Waals surface area contributed by atoms with Gasteiger partial charge in [0.15, 0.2) is 0 Å². The molecule has 0 aliphatic carbocycles. The summed E-state index contributed by atoms with van der Waals surface area (Å²) in [5, 5.41) is 2.70. The largest absolute Gasteiger partial charge is 0.337 e. The van der Waals surface area contributed by atoms with E-state index in [1.54, 1.807) is 0 Å². The second-order valence-corrected chi connectivity index (χ2v) is 5.89. The third-order valence-electron chi connectivity index (χ3n) is 3.52. The molecule has 3 N–H and O–H groups in total. The first-order chi connectivity index (χ1) is 11.6. The molecule has 2 amide bonds. The summed E-state index contributed by atoms with van der Waals surface area (Å²) in [5.41, 5.74) is 7.58. The zero-order valence-corrected chi connectivity index (χ0v) is 14.3. The minimum atomic E-state index is -0.509. The maximum atomic E-state index is 13.1. The molecular formula is C18H21ClFN3O. The number of carbonyl (C=O) groups is 1. The first-order valence-corrected chi connectivity index (χ1v) is 8.33. The summed E-state index contributed by atoms with van der Waals surface area (Å²) in [5.74, 6) is -0.509. The number of unbranched alkanes of at least 4 members (excludes halogenated alkanes) is 2. The molecule has 0 fully saturated rings. The van der Waals surface area contributed by atoms with Crippen molar-refractivity contribution in [3.63, 3.8) is 0 Å². The maximum Gasteiger partial charge on any atom is 0.337 e. The van der Waals surface area contributed by atoms with Crippen molar-refractivity contribution >= 4 is 29.0 Å².